The average molecular weight is 105 g/mol. The van der Waals surface area contributed by atoms with Gasteiger partial charge < -0.3 is 7.41 Å². The predicted octanol–water partition coefficient (Wildman–Crippen LogP) is -0.660. The van der Waals surface area contributed by atoms with Crippen LogP contribution >= 0.6 is 0 Å². The molecule has 1 unspecified atom stereocenters. The summed E-state index contributed by atoms with van der Waals surface area (Å²) >= 11 is -1.86. The molecule has 0 heterocycles. The molecule has 2 nitrogen and oxygen atoms in total. The van der Waals surface area contributed by atoms with Gasteiger partial charge in [-0.1, -0.05) is 11.1 Å². The van der Waals surface area contributed by atoms with Crippen LogP contribution in [0, 0.1) is 0 Å². The molecule has 30 valence electrons. The molecule has 0 amide bonds. The van der Waals surface area contributed by atoms with Crippen molar-refractivity contribution in [1.82, 2.24) is 0 Å². The van der Waals surface area contributed by atoms with E-state index in [4.69, 9.17) is 8.76 Å². The van der Waals surface area contributed by atoms with Gasteiger partial charge in [0.25, 0.3) is 0 Å². The maximum atomic E-state index is 9.00. The molecule has 0 fully saturated rings. The first kappa shape index (κ1) is 9.30. The standard InChI is InChI=1S/CH4O2S.Mg.2H/c1-4(2)3;;;/h1H3,(H,2,3);;;/q;+2;2*-1/p-1. The van der Waals surface area contributed by atoms with E-state index >= 15 is 0 Å². The van der Waals surface area contributed by atoms with Crippen molar-refractivity contribution < 1.29 is 11.6 Å². The summed E-state index contributed by atoms with van der Waals surface area (Å²) in [5.41, 5.74) is 0. The minimum Gasteiger partial charge on any atom is -1.00 e. The first-order valence-electron chi connectivity index (χ1n) is 0.742. The Morgan fingerprint density at radius 3 is 2.00 bits per heavy atom. The molecule has 4 heteroatoms. The van der Waals surface area contributed by atoms with Crippen molar-refractivity contribution in [3.8, 4) is 0 Å². The summed E-state index contributed by atoms with van der Waals surface area (Å²) in [5, 5.41) is 0. The molecular formula is CH5MgO2S-. The Morgan fingerprint density at radius 2 is 2.00 bits per heavy atom. The van der Waals surface area contributed by atoms with E-state index in [2.05, 4.69) is 0 Å². The summed E-state index contributed by atoms with van der Waals surface area (Å²) in [6.45, 7) is 0. The zero-order chi connectivity index (χ0) is 3.58. The van der Waals surface area contributed by atoms with Crippen LogP contribution in [0.4, 0.5) is 0 Å². The van der Waals surface area contributed by atoms with E-state index in [1.54, 1.807) is 0 Å². The third-order valence-corrected chi connectivity index (χ3v) is 0. The molecule has 0 aromatic rings. The molecule has 5 heavy (non-hydrogen) atoms. The van der Waals surface area contributed by atoms with Crippen molar-refractivity contribution in [2.24, 2.45) is 0 Å². The van der Waals surface area contributed by atoms with Crippen LogP contribution in [-0.4, -0.2) is 38.1 Å². The van der Waals surface area contributed by atoms with Crippen LogP contribution in [0.2, 0.25) is 0 Å². The van der Waals surface area contributed by atoms with Gasteiger partial charge in [-0.05, 0) is 6.26 Å². The normalized spacial score (nSPS) is 12.4. The van der Waals surface area contributed by atoms with Crippen molar-refractivity contribution in [2.75, 3.05) is 6.26 Å². The number of rotatable bonds is 0. The molecule has 0 N–H and O–H groups in total. The monoisotopic (exact) mass is 105 g/mol. The van der Waals surface area contributed by atoms with Gasteiger partial charge in [0, 0.05) is 0 Å². The quantitative estimate of drug-likeness (QED) is 0.303. The Bertz CT molecular complexity index is 38.7. The van der Waals surface area contributed by atoms with Crippen molar-refractivity contribution in [3.63, 3.8) is 0 Å². The molecule has 0 spiro atoms. The SMILES string of the molecule is CS(=O)[O-].[H-].[H-].[Mg+2]. The van der Waals surface area contributed by atoms with E-state index in [1.807, 2.05) is 0 Å². The summed E-state index contributed by atoms with van der Waals surface area (Å²) < 4.78 is 18.0. The second kappa shape index (κ2) is 4.88. The average Bonchev–Trinajstić information content (AvgIpc) is 0.811. The van der Waals surface area contributed by atoms with Crippen molar-refractivity contribution >= 4 is 34.1 Å². The molecular weight excluding hydrogens is 100 g/mol. The van der Waals surface area contributed by atoms with Crippen LogP contribution in [0.3, 0.4) is 0 Å². The van der Waals surface area contributed by atoms with Crippen LogP contribution in [-0.2, 0) is 11.1 Å². The third kappa shape index (κ3) is 52.5. The Hall–Kier alpha value is 0.876. The second-order valence-electron chi connectivity index (χ2n) is 0.401. The topological polar surface area (TPSA) is 40.1 Å². The summed E-state index contributed by atoms with van der Waals surface area (Å²) in [6.07, 6.45) is 1.08. The van der Waals surface area contributed by atoms with Crippen LogP contribution < -0.4 is 0 Å². The predicted molar refractivity (Wildman–Crippen MR) is 22.8 cm³/mol. The molecule has 0 aromatic carbocycles. The van der Waals surface area contributed by atoms with Crippen molar-refractivity contribution in [1.29, 1.82) is 0 Å². The van der Waals surface area contributed by atoms with Gasteiger partial charge >= 0.3 is 23.1 Å². The fourth-order valence-electron chi connectivity index (χ4n) is 0. The number of hydrogen-bond acceptors (Lipinski definition) is 2. The Morgan fingerprint density at radius 1 is 2.00 bits per heavy atom. The van der Waals surface area contributed by atoms with E-state index in [9.17, 15) is 0 Å². The molecule has 0 saturated heterocycles. The molecule has 0 rings (SSSR count). The maximum Gasteiger partial charge on any atom is 2.00 e. The van der Waals surface area contributed by atoms with E-state index in [1.165, 1.54) is 0 Å². The van der Waals surface area contributed by atoms with Gasteiger partial charge in [-0.3, -0.25) is 4.21 Å². The van der Waals surface area contributed by atoms with Crippen LogP contribution in [0.25, 0.3) is 0 Å². The minimum atomic E-state index is -1.86. The third-order valence-electron chi connectivity index (χ3n) is 0. The Labute approximate surface area is 52.4 Å². The molecule has 0 aliphatic rings. The van der Waals surface area contributed by atoms with Crippen LogP contribution in [0.5, 0.6) is 0 Å². The van der Waals surface area contributed by atoms with E-state index in [0.717, 1.165) is 6.26 Å². The summed E-state index contributed by atoms with van der Waals surface area (Å²) in [5.74, 6) is 0. The Balaban J connectivity index is -0.0000000150. The van der Waals surface area contributed by atoms with Crippen molar-refractivity contribution in [2.45, 2.75) is 0 Å². The minimum absolute atomic E-state index is 0. The molecule has 0 aromatic heterocycles. The number of hydrogen-bond donors (Lipinski definition) is 0. The maximum absolute atomic E-state index is 9.00. The van der Waals surface area contributed by atoms with Gasteiger partial charge in [-0.2, -0.15) is 0 Å². The van der Waals surface area contributed by atoms with Gasteiger partial charge in [0.15, 0.2) is 0 Å². The molecule has 0 saturated carbocycles. The zero-order valence-electron chi connectivity index (χ0n) is 4.93. The van der Waals surface area contributed by atoms with E-state index in [-0.39, 0.29) is 25.9 Å². The summed E-state index contributed by atoms with van der Waals surface area (Å²) in [6, 6.07) is 0. The largest absolute Gasteiger partial charge is 2.00 e. The van der Waals surface area contributed by atoms with Crippen molar-refractivity contribution in [3.05, 3.63) is 0 Å². The second-order valence-corrected chi connectivity index (χ2v) is 1.20. The van der Waals surface area contributed by atoms with Gasteiger partial charge in [0.1, 0.15) is 0 Å². The molecule has 0 radical (unpaired) electrons. The fourth-order valence-corrected chi connectivity index (χ4v) is 0. The fraction of sp³-hybridized carbons (Fsp3) is 1.00. The van der Waals surface area contributed by atoms with Gasteiger partial charge in [-0.25, -0.2) is 0 Å². The molecule has 0 aliphatic heterocycles. The van der Waals surface area contributed by atoms with E-state index < -0.39 is 11.1 Å². The first-order chi connectivity index (χ1) is 1.73. The van der Waals surface area contributed by atoms with Gasteiger partial charge in [-0.15, -0.1) is 0 Å². The van der Waals surface area contributed by atoms with Crippen LogP contribution in [0.1, 0.15) is 2.85 Å². The Kier molecular flexibility index (Phi) is 9.07. The molecule has 0 bridgehead atoms. The van der Waals surface area contributed by atoms with Gasteiger partial charge in [0.2, 0.25) is 0 Å². The molecule has 0 aliphatic carbocycles. The van der Waals surface area contributed by atoms with Gasteiger partial charge in [0.05, 0.1) is 0 Å². The first-order valence-corrected chi connectivity index (χ1v) is 2.22. The smallest absolute Gasteiger partial charge is 1.00 e. The summed E-state index contributed by atoms with van der Waals surface area (Å²) in [7, 11) is 0. The van der Waals surface area contributed by atoms with E-state index in [0.29, 0.717) is 0 Å². The summed E-state index contributed by atoms with van der Waals surface area (Å²) in [4.78, 5) is 0. The zero-order valence-corrected chi connectivity index (χ0v) is 5.16. The van der Waals surface area contributed by atoms with Crippen LogP contribution in [0.15, 0.2) is 0 Å². The molecule has 1 atom stereocenters.